The maximum Gasteiger partial charge on any atom is 0.253 e. The number of β-amino-alcohol motifs (C(OH)–C–C–N with tert-alkyl or cyclic N) is 1. The van der Waals surface area contributed by atoms with E-state index in [0.717, 1.165) is 11.1 Å². The molecule has 0 aliphatic carbocycles. The number of carbonyl (C=O) groups excluding carboxylic acids is 1. The van der Waals surface area contributed by atoms with Crippen molar-refractivity contribution in [1.29, 1.82) is 0 Å². The van der Waals surface area contributed by atoms with Gasteiger partial charge in [0.1, 0.15) is 0 Å². The molecule has 0 radical (unpaired) electrons. The van der Waals surface area contributed by atoms with Crippen molar-refractivity contribution in [2.24, 2.45) is 0 Å². The van der Waals surface area contributed by atoms with E-state index in [-0.39, 0.29) is 5.91 Å². The Morgan fingerprint density at radius 1 is 1.35 bits per heavy atom. The van der Waals surface area contributed by atoms with Crippen LogP contribution in [0.2, 0.25) is 0 Å². The zero-order valence-corrected chi connectivity index (χ0v) is 11.4. The summed E-state index contributed by atoms with van der Waals surface area (Å²) in [7, 11) is 0. The Morgan fingerprint density at radius 2 is 2.20 bits per heavy atom. The summed E-state index contributed by atoms with van der Waals surface area (Å²) in [6.45, 7) is 2.76. The smallest absolute Gasteiger partial charge is 0.253 e. The third-order valence-electron chi connectivity index (χ3n) is 3.70. The minimum atomic E-state index is -0.766. The molecule has 104 valence electrons. The molecule has 1 aliphatic heterocycles. The van der Waals surface area contributed by atoms with Crippen LogP contribution in [0.15, 0.2) is 47.3 Å². The van der Waals surface area contributed by atoms with Gasteiger partial charge in [-0.2, -0.15) is 0 Å². The normalized spacial score (nSPS) is 22.2. The summed E-state index contributed by atoms with van der Waals surface area (Å²) in [6, 6.07) is 9.34. The van der Waals surface area contributed by atoms with Crippen molar-refractivity contribution in [2.75, 3.05) is 13.1 Å². The number of benzene rings is 1. The first kappa shape index (κ1) is 12.9. The molecule has 0 spiro atoms. The van der Waals surface area contributed by atoms with E-state index in [1.165, 1.54) is 0 Å². The lowest BCUT2D eigenvalue weighted by Crippen LogP contribution is -2.33. The molecule has 2 aromatic rings. The van der Waals surface area contributed by atoms with Crippen LogP contribution in [0.25, 0.3) is 11.1 Å². The van der Waals surface area contributed by atoms with Crippen LogP contribution in [-0.2, 0) is 0 Å². The molecule has 1 unspecified atom stereocenters. The number of rotatable bonds is 2. The van der Waals surface area contributed by atoms with Gasteiger partial charge >= 0.3 is 0 Å². The van der Waals surface area contributed by atoms with E-state index in [9.17, 15) is 9.90 Å². The lowest BCUT2D eigenvalue weighted by atomic mass is 10.1. The molecule has 3 rings (SSSR count). The molecular weight excluding hydrogens is 254 g/mol. The zero-order chi connectivity index (χ0) is 14.2. The Morgan fingerprint density at radius 3 is 2.85 bits per heavy atom. The van der Waals surface area contributed by atoms with Gasteiger partial charge in [0.15, 0.2) is 0 Å². The maximum absolute atomic E-state index is 12.4. The summed E-state index contributed by atoms with van der Waals surface area (Å²) in [5.74, 6) is -0.0341. The van der Waals surface area contributed by atoms with Gasteiger partial charge in [0.25, 0.3) is 5.91 Å². The molecular formula is C16H17NO3. The van der Waals surface area contributed by atoms with Crippen molar-refractivity contribution >= 4 is 5.91 Å². The van der Waals surface area contributed by atoms with Crippen LogP contribution in [0.1, 0.15) is 23.7 Å². The number of aliphatic hydroxyl groups is 1. The monoisotopic (exact) mass is 271 g/mol. The van der Waals surface area contributed by atoms with Gasteiger partial charge in [-0.25, -0.2) is 0 Å². The highest BCUT2D eigenvalue weighted by atomic mass is 16.3. The van der Waals surface area contributed by atoms with Crippen LogP contribution in [0.4, 0.5) is 0 Å². The maximum atomic E-state index is 12.4. The summed E-state index contributed by atoms with van der Waals surface area (Å²) < 4.78 is 5.07. The first-order valence-corrected chi connectivity index (χ1v) is 6.69. The molecule has 1 aromatic heterocycles. The van der Waals surface area contributed by atoms with Crippen molar-refractivity contribution in [3.8, 4) is 11.1 Å². The van der Waals surface area contributed by atoms with Crippen LogP contribution >= 0.6 is 0 Å². The molecule has 20 heavy (non-hydrogen) atoms. The molecule has 1 atom stereocenters. The first-order valence-electron chi connectivity index (χ1n) is 6.69. The van der Waals surface area contributed by atoms with Crippen molar-refractivity contribution in [3.05, 3.63) is 48.4 Å². The zero-order valence-electron chi connectivity index (χ0n) is 11.4. The molecule has 0 saturated carbocycles. The fourth-order valence-electron chi connectivity index (χ4n) is 2.56. The number of amides is 1. The van der Waals surface area contributed by atoms with E-state index in [2.05, 4.69) is 0 Å². The minimum absolute atomic E-state index is 0.0341. The predicted molar refractivity (Wildman–Crippen MR) is 75.3 cm³/mol. The molecule has 1 fully saturated rings. The molecule has 1 N–H and O–H groups in total. The number of nitrogens with zero attached hydrogens (tertiary/aromatic N) is 1. The Labute approximate surface area is 117 Å². The summed E-state index contributed by atoms with van der Waals surface area (Å²) in [5, 5.41) is 9.96. The standard InChI is InChI=1S/C16H17NO3/c1-16(19)6-7-17(11-16)15(18)13-4-2-3-12(9-13)14-5-8-20-10-14/h2-5,8-10,19H,6-7,11H2,1H3. The van der Waals surface area contributed by atoms with Crippen LogP contribution in [-0.4, -0.2) is 34.6 Å². The Bertz CT molecular complexity index is 616. The third kappa shape index (κ3) is 2.47. The van der Waals surface area contributed by atoms with E-state index >= 15 is 0 Å². The molecule has 4 heteroatoms. The second kappa shape index (κ2) is 4.80. The van der Waals surface area contributed by atoms with Gasteiger partial charge in [0.05, 0.1) is 18.1 Å². The van der Waals surface area contributed by atoms with E-state index < -0.39 is 5.60 Å². The largest absolute Gasteiger partial charge is 0.472 e. The minimum Gasteiger partial charge on any atom is -0.472 e. The summed E-state index contributed by atoms with van der Waals surface area (Å²) in [4.78, 5) is 14.2. The van der Waals surface area contributed by atoms with Crippen LogP contribution in [0.3, 0.4) is 0 Å². The van der Waals surface area contributed by atoms with Crippen molar-refractivity contribution in [3.63, 3.8) is 0 Å². The second-order valence-corrected chi connectivity index (χ2v) is 5.57. The van der Waals surface area contributed by atoms with E-state index in [1.807, 2.05) is 24.3 Å². The Kier molecular flexibility index (Phi) is 3.10. The highest BCUT2D eigenvalue weighted by Gasteiger charge is 2.34. The molecule has 0 bridgehead atoms. The topological polar surface area (TPSA) is 53.7 Å². The SMILES string of the molecule is CC1(O)CCN(C(=O)c2cccc(-c3ccoc3)c2)C1. The number of likely N-dealkylation sites (tertiary alicyclic amines) is 1. The fourth-order valence-corrected chi connectivity index (χ4v) is 2.56. The average molecular weight is 271 g/mol. The summed E-state index contributed by atoms with van der Waals surface area (Å²) in [5.41, 5.74) is 1.78. The van der Waals surface area contributed by atoms with Gasteiger partial charge in [-0.15, -0.1) is 0 Å². The van der Waals surface area contributed by atoms with E-state index in [1.54, 1.807) is 30.4 Å². The van der Waals surface area contributed by atoms with Gasteiger partial charge in [-0.3, -0.25) is 4.79 Å². The van der Waals surface area contributed by atoms with Crippen LogP contribution in [0, 0.1) is 0 Å². The number of hydrogen-bond acceptors (Lipinski definition) is 3. The molecule has 2 heterocycles. The first-order chi connectivity index (χ1) is 9.55. The molecule has 1 aromatic carbocycles. The second-order valence-electron chi connectivity index (χ2n) is 5.57. The van der Waals surface area contributed by atoms with Crippen molar-refractivity contribution in [1.82, 2.24) is 4.90 Å². The third-order valence-corrected chi connectivity index (χ3v) is 3.70. The van der Waals surface area contributed by atoms with Crippen LogP contribution in [0.5, 0.6) is 0 Å². The Balaban J connectivity index is 1.84. The van der Waals surface area contributed by atoms with Crippen molar-refractivity contribution < 1.29 is 14.3 Å². The quantitative estimate of drug-likeness (QED) is 0.913. The van der Waals surface area contributed by atoms with E-state index in [4.69, 9.17) is 4.42 Å². The number of carbonyl (C=O) groups is 1. The summed E-state index contributed by atoms with van der Waals surface area (Å²) >= 11 is 0. The highest BCUT2D eigenvalue weighted by Crippen LogP contribution is 2.25. The lowest BCUT2D eigenvalue weighted by molar-refractivity contribution is 0.0572. The van der Waals surface area contributed by atoms with Gasteiger partial charge in [-0.05, 0) is 37.1 Å². The molecule has 4 nitrogen and oxygen atoms in total. The number of hydrogen-bond donors (Lipinski definition) is 1. The van der Waals surface area contributed by atoms with Crippen molar-refractivity contribution in [2.45, 2.75) is 18.9 Å². The number of furan rings is 1. The highest BCUT2D eigenvalue weighted by molar-refractivity contribution is 5.95. The lowest BCUT2D eigenvalue weighted by Gasteiger charge is -2.19. The van der Waals surface area contributed by atoms with E-state index in [0.29, 0.717) is 25.1 Å². The van der Waals surface area contributed by atoms with Gasteiger partial charge in [0, 0.05) is 24.2 Å². The van der Waals surface area contributed by atoms with Gasteiger partial charge in [-0.1, -0.05) is 12.1 Å². The Hall–Kier alpha value is -2.07. The predicted octanol–water partition coefficient (Wildman–Crippen LogP) is 2.54. The molecule has 1 saturated heterocycles. The summed E-state index contributed by atoms with van der Waals surface area (Å²) in [6.07, 6.45) is 3.89. The van der Waals surface area contributed by atoms with Gasteiger partial charge in [0.2, 0.25) is 0 Å². The fraction of sp³-hybridized carbons (Fsp3) is 0.312. The molecule has 1 aliphatic rings. The van der Waals surface area contributed by atoms with Gasteiger partial charge < -0.3 is 14.4 Å². The van der Waals surface area contributed by atoms with Crippen LogP contribution < -0.4 is 0 Å². The average Bonchev–Trinajstić information content (AvgIpc) is 3.07. The molecule has 1 amide bonds.